The van der Waals surface area contributed by atoms with Crippen molar-refractivity contribution in [2.24, 2.45) is 5.92 Å². The number of ketones is 1. The average molecular weight is 341 g/mol. The first-order chi connectivity index (χ1) is 12.1. The first-order valence-corrected chi connectivity index (χ1v) is 10.0. The predicted octanol–water partition coefficient (Wildman–Crippen LogP) is 4.12. The minimum atomic E-state index is 0.324. The molecule has 3 aliphatic rings. The molecule has 1 aliphatic heterocycles. The largest absolute Gasteiger partial charge is 0.497 e. The van der Waals surface area contributed by atoms with Crippen LogP contribution in [0.3, 0.4) is 0 Å². The molecule has 136 valence electrons. The minimum Gasteiger partial charge on any atom is -0.497 e. The van der Waals surface area contributed by atoms with Gasteiger partial charge in [0.2, 0.25) is 0 Å². The Morgan fingerprint density at radius 1 is 1.32 bits per heavy atom. The third-order valence-corrected chi connectivity index (χ3v) is 7.13. The Kier molecular flexibility index (Phi) is 4.61. The Labute approximate surface area is 151 Å². The van der Waals surface area contributed by atoms with E-state index in [1.165, 1.54) is 45.1 Å². The molecule has 3 heteroatoms. The first kappa shape index (κ1) is 17.1. The standard InChI is InChI=1S/C22H31NO2/c1-16(24)6-5-12-23-13-11-22-10-4-3-7-19(22)21(23)14-17-8-9-18(25-2)15-20(17)22/h8-9,15,19,21H,3-7,10-14H2,1-2H3/t19-,21+,22+/m1/s1. The molecule has 2 bridgehead atoms. The number of rotatable bonds is 5. The molecule has 0 radical (unpaired) electrons. The molecule has 1 saturated heterocycles. The number of hydrogen-bond acceptors (Lipinski definition) is 3. The molecule has 3 nitrogen and oxygen atoms in total. The normalized spacial score (nSPS) is 31.1. The second kappa shape index (κ2) is 6.75. The number of nitrogens with zero attached hydrogens (tertiary/aromatic N) is 1. The molecule has 4 rings (SSSR count). The van der Waals surface area contributed by atoms with Crippen molar-refractivity contribution in [1.29, 1.82) is 0 Å². The van der Waals surface area contributed by atoms with Crippen molar-refractivity contribution in [2.45, 2.75) is 69.7 Å². The van der Waals surface area contributed by atoms with Gasteiger partial charge >= 0.3 is 0 Å². The van der Waals surface area contributed by atoms with Crippen LogP contribution in [-0.2, 0) is 16.6 Å². The zero-order chi connectivity index (χ0) is 17.4. The third kappa shape index (κ3) is 2.91. The van der Waals surface area contributed by atoms with Crippen LogP contribution in [0.5, 0.6) is 5.75 Å². The van der Waals surface area contributed by atoms with E-state index in [1.807, 2.05) is 0 Å². The number of ether oxygens (including phenoxy) is 1. The van der Waals surface area contributed by atoms with E-state index in [2.05, 4.69) is 23.1 Å². The zero-order valence-electron chi connectivity index (χ0n) is 15.7. The number of fused-ring (bicyclic) bond motifs is 1. The van der Waals surface area contributed by atoms with Gasteiger partial charge in [-0.2, -0.15) is 0 Å². The van der Waals surface area contributed by atoms with Crippen molar-refractivity contribution in [3.63, 3.8) is 0 Å². The Morgan fingerprint density at radius 3 is 3.00 bits per heavy atom. The van der Waals surface area contributed by atoms with Crippen molar-refractivity contribution in [2.75, 3.05) is 20.2 Å². The summed E-state index contributed by atoms with van der Waals surface area (Å²) in [7, 11) is 1.78. The summed E-state index contributed by atoms with van der Waals surface area (Å²) in [5, 5.41) is 0. The number of Topliss-reactive ketones (excluding diaryl/α,β-unsaturated/α-hetero) is 1. The fraction of sp³-hybridized carbons (Fsp3) is 0.682. The lowest BCUT2D eigenvalue weighted by atomic mass is 9.52. The second-order valence-corrected chi connectivity index (χ2v) is 8.39. The van der Waals surface area contributed by atoms with Crippen LogP contribution >= 0.6 is 0 Å². The molecule has 0 amide bonds. The summed E-state index contributed by atoms with van der Waals surface area (Å²) in [6.07, 6.45) is 9.64. The molecule has 0 aromatic heterocycles. The number of hydrogen-bond donors (Lipinski definition) is 0. The van der Waals surface area contributed by atoms with E-state index in [9.17, 15) is 4.79 Å². The number of methoxy groups -OCH3 is 1. The molecule has 0 spiro atoms. The van der Waals surface area contributed by atoms with Crippen molar-refractivity contribution in [3.8, 4) is 5.75 Å². The van der Waals surface area contributed by atoms with Gasteiger partial charge in [-0.15, -0.1) is 0 Å². The van der Waals surface area contributed by atoms with Crippen LogP contribution in [0, 0.1) is 5.92 Å². The highest BCUT2D eigenvalue weighted by molar-refractivity contribution is 5.75. The maximum atomic E-state index is 11.3. The summed E-state index contributed by atoms with van der Waals surface area (Å²) in [4.78, 5) is 14.0. The lowest BCUT2D eigenvalue weighted by Crippen LogP contribution is -2.61. The highest BCUT2D eigenvalue weighted by atomic mass is 16.5. The van der Waals surface area contributed by atoms with Gasteiger partial charge in [-0.25, -0.2) is 0 Å². The maximum Gasteiger partial charge on any atom is 0.129 e. The monoisotopic (exact) mass is 341 g/mol. The molecule has 1 saturated carbocycles. The van der Waals surface area contributed by atoms with Gasteiger partial charge in [0.1, 0.15) is 11.5 Å². The fourth-order valence-corrected chi connectivity index (χ4v) is 6.00. The van der Waals surface area contributed by atoms with E-state index in [0.29, 0.717) is 17.2 Å². The van der Waals surface area contributed by atoms with E-state index < -0.39 is 0 Å². The number of piperidine rings is 1. The van der Waals surface area contributed by atoms with Gasteiger partial charge in [-0.1, -0.05) is 18.9 Å². The van der Waals surface area contributed by atoms with Gasteiger partial charge in [0, 0.05) is 17.9 Å². The number of likely N-dealkylation sites (tertiary alicyclic amines) is 1. The van der Waals surface area contributed by atoms with E-state index in [4.69, 9.17) is 4.74 Å². The van der Waals surface area contributed by atoms with Gasteiger partial charge in [0.15, 0.2) is 0 Å². The number of carbonyl (C=O) groups excluding carboxylic acids is 1. The van der Waals surface area contributed by atoms with E-state index >= 15 is 0 Å². The van der Waals surface area contributed by atoms with Gasteiger partial charge in [-0.3, -0.25) is 4.90 Å². The Morgan fingerprint density at radius 2 is 2.20 bits per heavy atom. The summed E-state index contributed by atoms with van der Waals surface area (Å²) in [6, 6.07) is 7.46. The van der Waals surface area contributed by atoms with Gasteiger partial charge in [0.05, 0.1) is 7.11 Å². The van der Waals surface area contributed by atoms with Gasteiger partial charge in [-0.05, 0) is 81.3 Å². The lowest BCUT2D eigenvalue weighted by molar-refractivity contribution is -0.117. The smallest absolute Gasteiger partial charge is 0.129 e. The van der Waals surface area contributed by atoms with Gasteiger partial charge < -0.3 is 9.53 Å². The van der Waals surface area contributed by atoms with Crippen LogP contribution in [-0.4, -0.2) is 36.9 Å². The molecule has 0 N–H and O–H groups in total. The molecular weight excluding hydrogens is 310 g/mol. The topological polar surface area (TPSA) is 29.5 Å². The van der Waals surface area contributed by atoms with E-state index in [1.54, 1.807) is 25.2 Å². The molecule has 25 heavy (non-hydrogen) atoms. The first-order valence-electron chi connectivity index (χ1n) is 10.0. The maximum absolute atomic E-state index is 11.3. The summed E-state index contributed by atoms with van der Waals surface area (Å²) in [5.41, 5.74) is 3.51. The zero-order valence-corrected chi connectivity index (χ0v) is 15.7. The second-order valence-electron chi connectivity index (χ2n) is 8.39. The van der Waals surface area contributed by atoms with Crippen LogP contribution in [0.25, 0.3) is 0 Å². The van der Waals surface area contributed by atoms with E-state index in [-0.39, 0.29) is 0 Å². The predicted molar refractivity (Wildman–Crippen MR) is 100 cm³/mol. The fourth-order valence-electron chi connectivity index (χ4n) is 6.00. The van der Waals surface area contributed by atoms with E-state index in [0.717, 1.165) is 31.1 Å². The Bertz CT molecular complexity index is 655. The van der Waals surface area contributed by atoms with Crippen LogP contribution in [0.2, 0.25) is 0 Å². The summed E-state index contributed by atoms with van der Waals surface area (Å²) < 4.78 is 5.55. The van der Waals surface area contributed by atoms with Crippen molar-refractivity contribution < 1.29 is 9.53 Å². The Hall–Kier alpha value is -1.35. The van der Waals surface area contributed by atoms with Gasteiger partial charge in [0.25, 0.3) is 0 Å². The van der Waals surface area contributed by atoms with Crippen LogP contribution in [0.15, 0.2) is 18.2 Å². The number of benzene rings is 1. The highest BCUT2D eigenvalue weighted by Crippen LogP contribution is 2.56. The Balaban J connectivity index is 1.65. The quantitative estimate of drug-likeness (QED) is 0.807. The third-order valence-electron chi connectivity index (χ3n) is 7.13. The number of carbonyl (C=O) groups is 1. The van der Waals surface area contributed by atoms with Crippen molar-refractivity contribution in [1.82, 2.24) is 4.90 Å². The molecule has 1 heterocycles. The summed E-state index contributed by atoms with van der Waals surface area (Å²) in [5.74, 6) is 2.12. The van der Waals surface area contributed by atoms with Crippen molar-refractivity contribution >= 4 is 5.78 Å². The SMILES string of the molecule is COc1ccc2c(c1)[C@]13CCCC[C@@H]1[C@H](C2)N(CCCC(C)=O)CC3. The summed E-state index contributed by atoms with van der Waals surface area (Å²) >= 11 is 0. The molecule has 0 unspecified atom stereocenters. The molecule has 2 fully saturated rings. The summed E-state index contributed by atoms with van der Waals surface area (Å²) in [6.45, 7) is 3.99. The average Bonchev–Trinajstić information content (AvgIpc) is 2.63. The van der Waals surface area contributed by atoms with Crippen molar-refractivity contribution in [3.05, 3.63) is 29.3 Å². The van der Waals surface area contributed by atoms with Crippen LogP contribution in [0.4, 0.5) is 0 Å². The molecule has 1 aromatic rings. The molecule has 3 atom stereocenters. The van der Waals surface area contributed by atoms with Crippen LogP contribution in [0.1, 0.15) is 63.0 Å². The molecular formula is C22H31NO2. The highest BCUT2D eigenvalue weighted by Gasteiger charge is 2.53. The minimum absolute atomic E-state index is 0.324. The van der Waals surface area contributed by atoms with Crippen LogP contribution < -0.4 is 4.74 Å². The lowest BCUT2D eigenvalue weighted by Gasteiger charge is -2.59. The molecule has 2 aliphatic carbocycles. The molecule has 1 aromatic carbocycles.